The van der Waals surface area contributed by atoms with Crippen LogP contribution in [0.3, 0.4) is 0 Å². The zero-order chi connectivity index (χ0) is 15.5. The van der Waals surface area contributed by atoms with Crippen LogP contribution in [0.2, 0.25) is 0 Å². The molecule has 0 aliphatic rings. The van der Waals surface area contributed by atoms with Gasteiger partial charge in [-0.1, -0.05) is 15.9 Å². The molecule has 0 radical (unpaired) electrons. The van der Waals surface area contributed by atoms with Crippen molar-refractivity contribution in [2.75, 3.05) is 19.5 Å². The molecule has 0 saturated carbocycles. The SMILES string of the molecule is COc1cc(Nc2ccnc3ccc(Br)cc23)cc(OC)c1. The smallest absolute Gasteiger partial charge is 0.124 e. The second-order valence-electron chi connectivity index (χ2n) is 4.75. The number of hydrogen-bond acceptors (Lipinski definition) is 4. The maximum absolute atomic E-state index is 5.30. The van der Waals surface area contributed by atoms with E-state index in [0.717, 1.165) is 38.2 Å². The Kier molecular flexibility index (Phi) is 4.15. The van der Waals surface area contributed by atoms with E-state index in [4.69, 9.17) is 9.47 Å². The van der Waals surface area contributed by atoms with Crippen LogP contribution in [0.5, 0.6) is 11.5 Å². The average Bonchev–Trinajstić information content (AvgIpc) is 2.55. The van der Waals surface area contributed by atoms with Gasteiger partial charge in [0.1, 0.15) is 11.5 Å². The average molecular weight is 359 g/mol. The zero-order valence-corrected chi connectivity index (χ0v) is 13.8. The number of methoxy groups -OCH3 is 2. The summed E-state index contributed by atoms with van der Waals surface area (Å²) < 4.78 is 11.6. The lowest BCUT2D eigenvalue weighted by Crippen LogP contribution is -1.95. The van der Waals surface area contributed by atoms with Crippen molar-refractivity contribution in [3.63, 3.8) is 0 Å². The molecule has 0 saturated heterocycles. The fourth-order valence-electron chi connectivity index (χ4n) is 2.26. The van der Waals surface area contributed by atoms with Crippen LogP contribution in [0, 0.1) is 0 Å². The standard InChI is InChI=1S/C17H15BrN2O2/c1-21-13-8-12(9-14(10-13)22-2)20-17-5-6-19-16-4-3-11(18)7-15(16)17/h3-10H,1-2H3,(H,19,20). The van der Waals surface area contributed by atoms with Gasteiger partial charge in [0.15, 0.2) is 0 Å². The summed E-state index contributed by atoms with van der Waals surface area (Å²) in [5.41, 5.74) is 2.80. The van der Waals surface area contributed by atoms with Gasteiger partial charge in [-0.05, 0) is 24.3 Å². The lowest BCUT2D eigenvalue weighted by Gasteiger charge is -2.12. The van der Waals surface area contributed by atoms with Crippen LogP contribution in [0.15, 0.2) is 53.1 Å². The normalized spacial score (nSPS) is 10.5. The van der Waals surface area contributed by atoms with E-state index in [-0.39, 0.29) is 0 Å². The first-order valence-electron chi connectivity index (χ1n) is 6.74. The quantitative estimate of drug-likeness (QED) is 0.730. The first kappa shape index (κ1) is 14.7. The Morgan fingerprint density at radius 2 is 1.68 bits per heavy atom. The Labute approximate surface area is 137 Å². The van der Waals surface area contributed by atoms with Gasteiger partial charge >= 0.3 is 0 Å². The van der Waals surface area contributed by atoms with Gasteiger partial charge in [0, 0.05) is 45.6 Å². The number of nitrogens with one attached hydrogen (secondary N) is 1. The van der Waals surface area contributed by atoms with Crippen LogP contribution in [0.4, 0.5) is 11.4 Å². The molecule has 3 rings (SSSR count). The second kappa shape index (κ2) is 6.23. The molecule has 3 aromatic rings. The number of benzene rings is 2. The molecule has 0 fully saturated rings. The van der Waals surface area contributed by atoms with Gasteiger partial charge in [0.2, 0.25) is 0 Å². The molecule has 0 unspecified atom stereocenters. The largest absolute Gasteiger partial charge is 0.497 e. The van der Waals surface area contributed by atoms with Crippen molar-refractivity contribution in [3.8, 4) is 11.5 Å². The third kappa shape index (κ3) is 2.99. The summed E-state index contributed by atoms with van der Waals surface area (Å²) in [6, 6.07) is 13.6. The Hall–Kier alpha value is -2.27. The number of anilines is 2. The fourth-order valence-corrected chi connectivity index (χ4v) is 2.62. The van der Waals surface area contributed by atoms with Crippen molar-refractivity contribution in [2.45, 2.75) is 0 Å². The lowest BCUT2D eigenvalue weighted by molar-refractivity contribution is 0.395. The molecule has 0 atom stereocenters. The summed E-state index contributed by atoms with van der Waals surface area (Å²) in [5.74, 6) is 1.47. The summed E-state index contributed by atoms with van der Waals surface area (Å²) in [6.07, 6.45) is 1.79. The molecule has 0 aliphatic heterocycles. The Balaban J connectivity index is 2.04. The molecular formula is C17H15BrN2O2. The van der Waals surface area contributed by atoms with Gasteiger partial charge in [0.25, 0.3) is 0 Å². The van der Waals surface area contributed by atoms with Crippen molar-refractivity contribution in [2.24, 2.45) is 0 Å². The van der Waals surface area contributed by atoms with Gasteiger partial charge in [-0.25, -0.2) is 0 Å². The third-order valence-electron chi connectivity index (χ3n) is 3.33. The minimum atomic E-state index is 0.737. The van der Waals surface area contributed by atoms with Crippen LogP contribution < -0.4 is 14.8 Å². The molecule has 5 heteroatoms. The molecule has 112 valence electrons. The van der Waals surface area contributed by atoms with Gasteiger partial charge in [-0.3, -0.25) is 4.98 Å². The number of ether oxygens (including phenoxy) is 2. The number of pyridine rings is 1. The minimum absolute atomic E-state index is 0.737. The number of halogens is 1. The van der Waals surface area contributed by atoms with Crippen LogP contribution >= 0.6 is 15.9 Å². The van der Waals surface area contributed by atoms with Crippen molar-refractivity contribution in [3.05, 3.63) is 53.1 Å². The van der Waals surface area contributed by atoms with Gasteiger partial charge < -0.3 is 14.8 Å². The molecule has 4 nitrogen and oxygen atoms in total. The molecule has 1 aromatic heterocycles. The van der Waals surface area contributed by atoms with Gasteiger partial charge in [-0.15, -0.1) is 0 Å². The molecule has 1 N–H and O–H groups in total. The molecule has 0 spiro atoms. The summed E-state index contributed by atoms with van der Waals surface area (Å²) in [4.78, 5) is 4.38. The molecular weight excluding hydrogens is 344 g/mol. The number of rotatable bonds is 4. The van der Waals surface area contributed by atoms with Crippen molar-refractivity contribution in [1.82, 2.24) is 4.98 Å². The lowest BCUT2D eigenvalue weighted by atomic mass is 10.2. The first-order valence-corrected chi connectivity index (χ1v) is 7.53. The second-order valence-corrected chi connectivity index (χ2v) is 5.66. The van der Waals surface area contributed by atoms with Crippen molar-refractivity contribution >= 4 is 38.2 Å². The number of nitrogens with zero attached hydrogens (tertiary/aromatic N) is 1. The summed E-state index contributed by atoms with van der Waals surface area (Å²) in [5, 5.41) is 4.44. The maximum Gasteiger partial charge on any atom is 0.124 e. The third-order valence-corrected chi connectivity index (χ3v) is 3.83. The van der Waals surface area contributed by atoms with Crippen LogP contribution in [-0.4, -0.2) is 19.2 Å². The number of fused-ring (bicyclic) bond motifs is 1. The van der Waals surface area contributed by atoms with Crippen LogP contribution in [0.25, 0.3) is 10.9 Å². The highest BCUT2D eigenvalue weighted by atomic mass is 79.9. The Bertz CT molecular complexity index is 799. The van der Waals surface area contributed by atoms with E-state index in [2.05, 4.69) is 26.2 Å². The molecule has 0 amide bonds. The van der Waals surface area contributed by atoms with E-state index in [1.165, 1.54) is 0 Å². The van der Waals surface area contributed by atoms with Gasteiger partial charge in [0.05, 0.1) is 19.7 Å². The van der Waals surface area contributed by atoms with E-state index < -0.39 is 0 Å². The van der Waals surface area contributed by atoms with Crippen LogP contribution in [0.1, 0.15) is 0 Å². The number of aromatic nitrogens is 1. The molecule has 1 heterocycles. The fraction of sp³-hybridized carbons (Fsp3) is 0.118. The summed E-state index contributed by atoms with van der Waals surface area (Å²) in [6.45, 7) is 0. The monoisotopic (exact) mass is 358 g/mol. The highest BCUT2D eigenvalue weighted by Gasteiger charge is 2.06. The number of hydrogen-bond donors (Lipinski definition) is 1. The Morgan fingerprint density at radius 3 is 2.36 bits per heavy atom. The van der Waals surface area contributed by atoms with Crippen molar-refractivity contribution in [1.29, 1.82) is 0 Å². The maximum atomic E-state index is 5.30. The molecule has 0 bridgehead atoms. The molecule has 2 aromatic carbocycles. The van der Waals surface area contributed by atoms with Gasteiger partial charge in [-0.2, -0.15) is 0 Å². The van der Waals surface area contributed by atoms with E-state index in [1.54, 1.807) is 20.4 Å². The molecule has 22 heavy (non-hydrogen) atoms. The predicted molar refractivity (Wildman–Crippen MR) is 92.3 cm³/mol. The minimum Gasteiger partial charge on any atom is -0.497 e. The van der Waals surface area contributed by atoms with E-state index in [0.29, 0.717) is 0 Å². The predicted octanol–water partition coefficient (Wildman–Crippen LogP) is 4.76. The first-order chi connectivity index (χ1) is 10.7. The van der Waals surface area contributed by atoms with Crippen LogP contribution in [-0.2, 0) is 0 Å². The molecule has 0 aliphatic carbocycles. The highest BCUT2D eigenvalue weighted by molar-refractivity contribution is 9.10. The summed E-state index contributed by atoms with van der Waals surface area (Å²) in [7, 11) is 3.27. The highest BCUT2D eigenvalue weighted by Crippen LogP contribution is 2.31. The zero-order valence-electron chi connectivity index (χ0n) is 12.3. The topological polar surface area (TPSA) is 43.4 Å². The van der Waals surface area contributed by atoms with E-state index in [1.807, 2.05) is 42.5 Å². The van der Waals surface area contributed by atoms with E-state index >= 15 is 0 Å². The van der Waals surface area contributed by atoms with E-state index in [9.17, 15) is 0 Å². The van der Waals surface area contributed by atoms with Crippen molar-refractivity contribution < 1.29 is 9.47 Å². The summed E-state index contributed by atoms with van der Waals surface area (Å²) >= 11 is 3.50. The Morgan fingerprint density at radius 1 is 0.955 bits per heavy atom.